The van der Waals surface area contributed by atoms with Crippen LogP contribution in [-0.2, 0) is 0 Å². The molecule has 2 nitrogen and oxygen atoms in total. The first-order chi connectivity index (χ1) is 5.75. The second-order valence-corrected chi connectivity index (χ2v) is 4.37. The first kappa shape index (κ1) is 9.98. The minimum absolute atomic E-state index is 0.0548. The molecule has 0 aliphatic heterocycles. The number of amides is 1. The number of alkyl halides is 1. The van der Waals surface area contributed by atoms with Gasteiger partial charge < -0.3 is 5.32 Å². The lowest BCUT2D eigenvalue weighted by Crippen LogP contribution is -2.24. The quantitative estimate of drug-likeness (QED) is 0.672. The summed E-state index contributed by atoms with van der Waals surface area (Å²) in [7, 11) is 0. The lowest BCUT2D eigenvalue weighted by Gasteiger charge is -2.00. The summed E-state index contributed by atoms with van der Waals surface area (Å²) in [4.78, 5) is 12.2. The van der Waals surface area contributed by atoms with Crippen LogP contribution in [0.25, 0.3) is 0 Å². The molecule has 1 aromatic heterocycles. The van der Waals surface area contributed by atoms with Crippen molar-refractivity contribution in [2.45, 2.75) is 6.92 Å². The number of halogens is 1. The lowest BCUT2D eigenvalue weighted by molar-refractivity contribution is 0.0960. The van der Waals surface area contributed by atoms with E-state index in [4.69, 9.17) is 0 Å². The molecule has 1 rings (SSSR count). The van der Waals surface area contributed by atoms with Crippen LogP contribution in [0.1, 0.15) is 15.2 Å². The molecule has 1 heterocycles. The van der Waals surface area contributed by atoms with Crippen LogP contribution in [0, 0.1) is 6.92 Å². The van der Waals surface area contributed by atoms with E-state index in [1.807, 2.05) is 18.4 Å². The molecule has 0 saturated heterocycles. The molecule has 0 unspecified atom stereocenters. The predicted molar refractivity (Wildman–Crippen MR) is 60.3 cm³/mol. The van der Waals surface area contributed by atoms with Gasteiger partial charge in [0.1, 0.15) is 0 Å². The van der Waals surface area contributed by atoms with E-state index >= 15 is 0 Å². The number of aryl methyl sites for hydroxylation is 1. The summed E-state index contributed by atoms with van der Waals surface area (Å²) in [5, 5.41) is 4.78. The molecule has 0 aromatic carbocycles. The predicted octanol–water partition coefficient (Wildman–Crippen LogP) is 2.22. The van der Waals surface area contributed by atoms with Gasteiger partial charge in [-0.05, 0) is 23.9 Å². The van der Waals surface area contributed by atoms with Gasteiger partial charge in [-0.2, -0.15) is 0 Å². The van der Waals surface area contributed by atoms with Gasteiger partial charge in [-0.3, -0.25) is 4.79 Å². The monoisotopic (exact) mass is 295 g/mol. The van der Waals surface area contributed by atoms with Crippen molar-refractivity contribution < 1.29 is 4.79 Å². The van der Waals surface area contributed by atoms with Crippen molar-refractivity contribution in [3.63, 3.8) is 0 Å². The average Bonchev–Trinajstić information content (AvgIpc) is 2.47. The summed E-state index contributed by atoms with van der Waals surface area (Å²) in [5.74, 6) is 0.0548. The van der Waals surface area contributed by atoms with Crippen molar-refractivity contribution >= 4 is 39.8 Å². The van der Waals surface area contributed by atoms with Gasteiger partial charge >= 0.3 is 0 Å². The molecular formula is C8H10INOS. The largest absolute Gasteiger partial charge is 0.351 e. The first-order valence-corrected chi connectivity index (χ1v) is 6.04. The molecule has 0 spiro atoms. The summed E-state index contributed by atoms with van der Waals surface area (Å²) in [6, 6.07) is 1.96. The van der Waals surface area contributed by atoms with E-state index in [9.17, 15) is 4.79 Å². The third-order valence-corrected chi connectivity index (χ3v) is 3.00. The van der Waals surface area contributed by atoms with Gasteiger partial charge in [0.05, 0.1) is 4.88 Å². The summed E-state index contributed by atoms with van der Waals surface area (Å²) in [6.07, 6.45) is 0. The third-order valence-electron chi connectivity index (χ3n) is 1.45. The normalized spacial score (nSPS) is 9.83. The standard InChI is InChI=1S/C8H10INOS/c1-6-2-5-12-7(6)8(11)10-4-3-9/h2,5H,3-4H2,1H3,(H,10,11). The molecule has 0 radical (unpaired) electrons. The molecule has 0 saturated carbocycles. The van der Waals surface area contributed by atoms with Gasteiger partial charge in [-0.25, -0.2) is 0 Å². The molecule has 66 valence electrons. The maximum atomic E-state index is 11.4. The highest BCUT2D eigenvalue weighted by atomic mass is 127. The molecule has 4 heteroatoms. The van der Waals surface area contributed by atoms with Crippen molar-refractivity contribution in [2.75, 3.05) is 11.0 Å². The summed E-state index contributed by atoms with van der Waals surface area (Å²) in [5.41, 5.74) is 1.06. The summed E-state index contributed by atoms with van der Waals surface area (Å²) in [6.45, 7) is 2.70. The van der Waals surface area contributed by atoms with Crippen LogP contribution in [0.2, 0.25) is 0 Å². The van der Waals surface area contributed by atoms with E-state index < -0.39 is 0 Å². The van der Waals surface area contributed by atoms with Gasteiger partial charge in [0.2, 0.25) is 0 Å². The number of carbonyl (C=O) groups is 1. The zero-order valence-corrected chi connectivity index (χ0v) is 9.74. The third kappa shape index (κ3) is 2.45. The number of hydrogen-bond acceptors (Lipinski definition) is 2. The fourth-order valence-corrected chi connectivity index (χ4v) is 1.96. The van der Waals surface area contributed by atoms with E-state index in [-0.39, 0.29) is 5.91 Å². The van der Waals surface area contributed by atoms with E-state index in [2.05, 4.69) is 27.9 Å². The number of thiophene rings is 1. The summed E-state index contributed by atoms with van der Waals surface area (Å²) >= 11 is 3.73. The highest BCUT2D eigenvalue weighted by Gasteiger charge is 2.08. The van der Waals surface area contributed by atoms with Crippen molar-refractivity contribution in [2.24, 2.45) is 0 Å². The molecule has 0 atom stereocenters. The van der Waals surface area contributed by atoms with Crippen LogP contribution >= 0.6 is 33.9 Å². The van der Waals surface area contributed by atoms with Crippen LogP contribution in [0.5, 0.6) is 0 Å². The molecule has 0 fully saturated rings. The van der Waals surface area contributed by atoms with Crippen molar-refractivity contribution in [1.29, 1.82) is 0 Å². The minimum atomic E-state index is 0.0548. The van der Waals surface area contributed by atoms with Crippen LogP contribution in [0.4, 0.5) is 0 Å². The Bertz CT molecular complexity index is 272. The Morgan fingerprint density at radius 2 is 2.50 bits per heavy atom. The molecule has 12 heavy (non-hydrogen) atoms. The summed E-state index contributed by atoms with van der Waals surface area (Å²) < 4.78 is 0.952. The molecule has 0 aliphatic carbocycles. The maximum Gasteiger partial charge on any atom is 0.261 e. The van der Waals surface area contributed by atoms with Crippen LogP contribution in [0.15, 0.2) is 11.4 Å². The molecule has 1 aromatic rings. The molecule has 1 amide bonds. The Balaban J connectivity index is 2.59. The topological polar surface area (TPSA) is 29.1 Å². The van der Waals surface area contributed by atoms with Crippen LogP contribution < -0.4 is 5.32 Å². The fraction of sp³-hybridized carbons (Fsp3) is 0.375. The Kier molecular flexibility index (Phi) is 4.00. The maximum absolute atomic E-state index is 11.4. The Hall–Kier alpha value is -0.100. The Morgan fingerprint density at radius 1 is 1.75 bits per heavy atom. The number of nitrogens with one attached hydrogen (secondary N) is 1. The van der Waals surface area contributed by atoms with Gasteiger partial charge in [0, 0.05) is 11.0 Å². The van der Waals surface area contributed by atoms with Gasteiger partial charge in [-0.1, -0.05) is 22.6 Å². The smallest absolute Gasteiger partial charge is 0.261 e. The van der Waals surface area contributed by atoms with E-state index in [1.54, 1.807) is 0 Å². The highest BCUT2D eigenvalue weighted by Crippen LogP contribution is 2.14. The SMILES string of the molecule is Cc1ccsc1C(=O)NCCI. The van der Waals surface area contributed by atoms with Gasteiger partial charge in [0.15, 0.2) is 0 Å². The highest BCUT2D eigenvalue weighted by molar-refractivity contribution is 14.1. The average molecular weight is 295 g/mol. The van der Waals surface area contributed by atoms with Gasteiger partial charge in [-0.15, -0.1) is 11.3 Å². The van der Waals surface area contributed by atoms with Gasteiger partial charge in [0.25, 0.3) is 5.91 Å². The Morgan fingerprint density at radius 3 is 3.00 bits per heavy atom. The molecule has 0 bridgehead atoms. The van der Waals surface area contributed by atoms with E-state index in [0.717, 1.165) is 21.4 Å². The molecule has 0 aliphatic rings. The number of rotatable bonds is 3. The molecular weight excluding hydrogens is 285 g/mol. The fourth-order valence-electron chi connectivity index (χ4n) is 0.846. The van der Waals surface area contributed by atoms with Crippen LogP contribution in [0.3, 0.4) is 0 Å². The Labute approximate surface area is 89.5 Å². The second-order valence-electron chi connectivity index (χ2n) is 2.38. The van der Waals surface area contributed by atoms with E-state index in [1.165, 1.54) is 11.3 Å². The van der Waals surface area contributed by atoms with Crippen molar-refractivity contribution in [3.05, 3.63) is 21.9 Å². The van der Waals surface area contributed by atoms with Crippen molar-refractivity contribution in [3.8, 4) is 0 Å². The number of hydrogen-bond donors (Lipinski definition) is 1. The first-order valence-electron chi connectivity index (χ1n) is 3.64. The minimum Gasteiger partial charge on any atom is -0.351 e. The second kappa shape index (κ2) is 4.81. The number of carbonyl (C=O) groups excluding carboxylic acids is 1. The van der Waals surface area contributed by atoms with Crippen LogP contribution in [-0.4, -0.2) is 16.9 Å². The lowest BCUT2D eigenvalue weighted by atomic mass is 10.3. The van der Waals surface area contributed by atoms with E-state index in [0.29, 0.717) is 0 Å². The molecule has 1 N–H and O–H groups in total. The van der Waals surface area contributed by atoms with Crippen molar-refractivity contribution in [1.82, 2.24) is 5.32 Å². The zero-order chi connectivity index (χ0) is 8.97. The zero-order valence-electron chi connectivity index (χ0n) is 6.76.